The number of aromatic nitrogens is 4. The molecule has 0 fully saturated rings. The average Bonchev–Trinajstić information content (AvgIpc) is 2.55. The Balaban J connectivity index is 2.74. The molecule has 0 aliphatic heterocycles. The molecule has 1 atom stereocenters. The first-order valence-corrected chi connectivity index (χ1v) is 5.99. The van der Waals surface area contributed by atoms with Crippen LogP contribution in [0.5, 0.6) is 0 Å². The van der Waals surface area contributed by atoms with Gasteiger partial charge < -0.3 is 0 Å². The van der Waals surface area contributed by atoms with Crippen molar-refractivity contribution in [2.24, 2.45) is 0 Å². The van der Waals surface area contributed by atoms with Gasteiger partial charge in [0.05, 0.1) is 17.0 Å². The number of hydrogen-bond acceptors (Lipinski definition) is 4. The summed E-state index contributed by atoms with van der Waals surface area (Å²) in [5.41, 5.74) is -1.28. The zero-order valence-electron chi connectivity index (χ0n) is 8.82. The summed E-state index contributed by atoms with van der Waals surface area (Å²) in [7, 11) is -1.46. The Morgan fingerprint density at radius 1 is 1.41 bits per heavy atom. The molecular formula is C8H7F3N4OS. The molecule has 2 aromatic rings. The molecule has 0 saturated carbocycles. The maximum absolute atomic E-state index is 12.6. The van der Waals surface area contributed by atoms with E-state index in [1.165, 1.54) is 13.2 Å². The Morgan fingerprint density at radius 2 is 2.06 bits per heavy atom. The Hall–Kier alpha value is -1.51. The van der Waals surface area contributed by atoms with E-state index < -0.39 is 22.7 Å². The smallest absolute Gasteiger partial charge is 0.251 e. The molecule has 0 saturated heterocycles. The molecule has 92 valence electrons. The zero-order valence-corrected chi connectivity index (χ0v) is 9.63. The quantitative estimate of drug-likeness (QED) is 0.776. The van der Waals surface area contributed by atoms with E-state index in [2.05, 4.69) is 15.1 Å². The van der Waals surface area contributed by atoms with Gasteiger partial charge in [-0.2, -0.15) is 13.2 Å². The van der Waals surface area contributed by atoms with Crippen molar-refractivity contribution in [1.82, 2.24) is 19.6 Å². The van der Waals surface area contributed by atoms with Crippen molar-refractivity contribution in [2.75, 3.05) is 6.26 Å². The summed E-state index contributed by atoms with van der Waals surface area (Å²) in [6, 6.07) is 0. The highest BCUT2D eigenvalue weighted by atomic mass is 32.2. The number of hydrogen-bond donors (Lipinski definition) is 0. The van der Waals surface area contributed by atoms with Gasteiger partial charge in [0.15, 0.2) is 5.69 Å². The third-order valence-electron chi connectivity index (χ3n) is 2.06. The number of rotatable bonds is 1. The zero-order chi connectivity index (χ0) is 12.8. The van der Waals surface area contributed by atoms with Crippen LogP contribution in [0.2, 0.25) is 0 Å². The fraction of sp³-hybridized carbons (Fsp3) is 0.375. The van der Waals surface area contributed by atoms with Crippen LogP contribution in [0.1, 0.15) is 11.5 Å². The number of alkyl halides is 3. The summed E-state index contributed by atoms with van der Waals surface area (Å²) < 4.78 is 49.9. The molecule has 0 aliphatic rings. The summed E-state index contributed by atoms with van der Waals surface area (Å²) in [5.74, 6) is 0.0708. The molecule has 2 aromatic heterocycles. The second-order valence-electron chi connectivity index (χ2n) is 3.30. The molecule has 5 nitrogen and oxygen atoms in total. The van der Waals surface area contributed by atoms with Crippen LogP contribution in [0.3, 0.4) is 0 Å². The molecule has 2 rings (SSSR count). The lowest BCUT2D eigenvalue weighted by Crippen LogP contribution is -2.08. The van der Waals surface area contributed by atoms with Crippen molar-refractivity contribution in [3.8, 4) is 0 Å². The number of aryl methyl sites for hydroxylation is 1. The van der Waals surface area contributed by atoms with E-state index in [4.69, 9.17) is 0 Å². The van der Waals surface area contributed by atoms with Gasteiger partial charge in [-0.15, -0.1) is 5.10 Å². The lowest BCUT2D eigenvalue weighted by atomic mass is 10.4. The highest BCUT2D eigenvalue weighted by Gasteiger charge is 2.37. The summed E-state index contributed by atoms with van der Waals surface area (Å²) >= 11 is 0. The SMILES string of the molecule is Cc1nc(C(F)(F)F)c2cnc(S(C)=O)nn12. The van der Waals surface area contributed by atoms with E-state index in [-0.39, 0.29) is 16.5 Å². The molecule has 9 heteroatoms. The molecule has 17 heavy (non-hydrogen) atoms. The summed E-state index contributed by atoms with van der Waals surface area (Å²) in [5, 5.41) is 3.72. The van der Waals surface area contributed by atoms with Crippen molar-refractivity contribution in [3.05, 3.63) is 17.7 Å². The van der Waals surface area contributed by atoms with Gasteiger partial charge in [0.25, 0.3) is 0 Å². The average molecular weight is 264 g/mol. The maximum Gasteiger partial charge on any atom is 0.435 e. The van der Waals surface area contributed by atoms with Crippen LogP contribution in [0.25, 0.3) is 5.52 Å². The molecule has 0 spiro atoms. The minimum absolute atomic E-state index is 0.0354. The third-order valence-corrected chi connectivity index (χ3v) is 2.76. The lowest BCUT2D eigenvalue weighted by Gasteiger charge is -2.02. The third kappa shape index (κ3) is 2.02. The van der Waals surface area contributed by atoms with Crippen molar-refractivity contribution in [2.45, 2.75) is 18.3 Å². The van der Waals surface area contributed by atoms with E-state index in [9.17, 15) is 17.4 Å². The molecule has 0 amide bonds. The highest BCUT2D eigenvalue weighted by Crippen LogP contribution is 2.31. The first-order chi connectivity index (χ1) is 7.80. The van der Waals surface area contributed by atoms with Crippen LogP contribution >= 0.6 is 0 Å². The second-order valence-corrected chi connectivity index (χ2v) is 4.57. The predicted molar refractivity (Wildman–Crippen MR) is 52.9 cm³/mol. The van der Waals surface area contributed by atoms with Gasteiger partial charge in [-0.3, -0.25) is 4.21 Å². The van der Waals surface area contributed by atoms with Crippen LogP contribution in [0.4, 0.5) is 13.2 Å². The van der Waals surface area contributed by atoms with Gasteiger partial charge >= 0.3 is 6.18 Å². The molecule has 0 bridgehead atoms. The van der Waals surface area contributed by atoms with Crippen LogP contribution in [0, 0.1) is 6.92 Å². The van der Waals surface area contributed by atoms with Crippen LogP contribution < -0.4 is 0 Å². The predicted octanol–water partition coefficient (Wildman–Crippen LogP) is 1.19. The van der Waals surface area contributed by atoms with Gasteiger partial charge in [0.2, 0.25) is 5.16 Å². The van der Waals surface area contributed by atoms with Gasteiger partial charge in [-0.05, 0) is 6.92 Å². The second kappa shape index (κ2) is 3.76. The van der Waals surface area contributed by atoms with E-state index in [1.807, 2.05) is 0 Å². The topological polar surface area (TPSA) is 60.2 Å². The van der Waals surface area contributed by atoms with Crippen molar-refractivity contribution < 1.29 is 17.4 Å². The number of imidazole rings is 1. The lowest BCUT2D eigenvalue weighted by molar-refractivity contribution is -0.139. The Morgan fingerprint density at radius 3 is 2.59 bits per heavy atom. The molecule has 0 aromatic carbocycles. The summed E-state index contributed by atoms with van der Waals surface area (Å²) in [6.45, 7) is 1.39. The Kier molecular flexibility index (Phi) is 2.64. The Labute approximate surface area is 96.1 Å². The number of fused-ring (bicyclic) bond motifs is 1. The van der Waals surface area contributed by atoms with Gasteiger partial charge in [-0.25, -0.2) is 14.5 Å². The van der Waals surface area contributed by atoms with Crippen LogP contribution in [0.15, 0.2) is 11.4 Å². The van der Waals surface area contributed by atoms with E-state index in [1.54, 1.807) is 0 Å². The normalized spacial score (nSPS) is 14.2. The van der Waals surface area contributed by atoms with E-state index in [0.29, 0.717) is 0 Å². The van der Waals surface area contributed by atoms with Crippen LogP contribution in [-0.2, 0) is 17.0 Å². The van der Waals surface area contributed by atoms with E-state index >= 15 is 0 Å². The Bertz CT molecular complexity index is 607. The van der Waals surface area contributed by atoms with Crippen molar-refractivity contribution >= 4 is 16.3 Å². The first kappa shape index (κ1) is 12.0. The van der Waals surface area contributed by atoms with Gasteiger partial charge in [0, 0.05) is 6.26 Å². The fourth-order valence-corrected chi connectivity index (χ4v) is 1.75. The minimum atomic E-state index is -4.56. The van der Waals surface area contributed by atoms with Crippen molar-refractivity contribution in [3.63, 3.8) is 0 Å². The fourth-order valence-electron chi connectivity index (χ4n) is 1.35. The first-order valence-electron chi connectivity index (χ1n) is 4.43. The largest absolute Gasteiger partial charge is 0.435 e. The minimum Gasteiger partial charge on any atom is -0.251 e. The summed E-state index contributed by atoms with van der Waals surface area (Å²) in [4.78, 5) is 7.02. The molecule has 1 unspecified atom stereocenters. The molecule has 0 aliphatic carbocycles. The summed E-state index contributed by atoms with van der Waals surface area (Å²) in [6.07, 6.45) is -2.24. The van der Waals surface area contributed by atoms with Crippen molar-refractivity contribution in [1.29, 1.82) is 0 Å². The highest BCUT2D eigenvalue weighted by molar-refractivity contribution is 7.84. The van der Waals surface area contributed by atoms with Gasteiger partial charge in [-0.1, -0.05) is 0 Å². The maximum atomic E-state index is 12.6. The van der Waals surface area contributed by atoms with Crippen LogP contribution in [-0.4, -0.2) is 30.0 Å². The van der Waals surface area contributed by atoms with Gasteiger partial charge in [0.1, 0.15) is 11.3 Å². The molecular weight excluding hydrogens is 257 g/mol. The molecule has 0 N–H and O–H groups in total. The monoisotopic (exact) mass is 264 g/mol. The number of halogens is 3. The standard InChI is InChI=1S/C8H7F3N4OS/c1-4-13-6(8(9,10)11)5-3-12-7(17(2)16)14-15(4)5/h3H,1-2H3. The molecule has 0 radical (unpaired) electrons. The van der Waals surface area contributed by atoms with E-state index in [0.717, 1.165) is 10.7 Å². The molecule has 2 heterocycles. The number of nitrogens with zero attached hydrogens (tertiary/aromatic N) is 4.